The van der Waals surface area contributed by atoms with Crippen LogP contribution in [0.15, 0.2) is 88.2 Å². The number of rotatable bonds is 4. The normalized spacial score (nSPS) is 22.6. The van der Waals surface area contributed by atoms with E-state index in [2.05, 4.69) is 35.1 Å². The van der Waals surface area contributed by atoms with Crippen LogP contribution in [0.4, 0.5) is 0 Å². The quantitative estimate of drug-likeness (QED) is 0.448. The molecule has 3 aromatic carbocycles. The van der Waals surface area contributed by atoms with Gasteiger partial charge in [0.25, 0.3) is 0 Å². The fourth-order valence-electron chi connectivity index (χ4n) is 5.53. The summed E-state index contributed by atoms with van der Waals surface area (Å²) in [6, 6.07) is 25.4. The van der Waals surface area contributed by atoms with Crippen molar-refractivity contribution in [3.05, 3.63) is 90.0 Å². The smallest absolute Gasteiger partial charge is 0.240 e. The lowest BCUT2D eigenvalue weighted by atomic mass is 9.91. The molecule has 2 aliphatic rings. The summed E-state index contributed by atoms with van der Waals surface area (Å²) < 4.78 is 35.2. The lowest BCUT2D eigenvalue weighted by molar-refractivity contribution is 0.386. The summed E-state index contributed by atoms with van der Waals surface area (Å²) in [7, 11) is -3.52. The van der Waals surface area contributed by atoms with Gasteiger partial charge in [0, 0.05) is 17.0 Å². The number of nitrogens with one attached hydrogen (secondary N) is 1. The van der Waals surface area contributed by atoms with Gasteiger partial charge in [-0.1, -0.05) is 48.5 Å². The monoisotopic (exact) mass is 443 g/mol. The first kappa shape index (κ1) is 19.8. The van der Waals surface area contributed by atoms with E-state index in [4.69, 9.17) is 4.42 Å². The third kappa shape index (κ3) is 3.46. The predicted molar refractivity (Wildman–Crippen MR) is 126 cm³/mol. The average Bonchev–Trinajstić information content (AvgIpc) is 3.35. The molecule has 0 saturated heterocycles. The Morgan fingerprint density at radius 2 is 1.50 bits per heavy atom. The van der Waals surface area contributed by atoms with Crippen LogP contribution in [0, 0.1) is 11.8 Å². The summed E-state index contributed by atoms with van der Waals surface area (Å²) in [6.07, 6.45) is 3.93. The molecule has 1 fully saturated rings. The number of sulfonamides is 1. The molecule has 6 rings (SSSR count). The van der Waals surface area contributed by atoms with Crippen LogP contribution in [0.3, 0.4) is 0 Å². The van der Waals surface area contributed by atoms with Gasteiger partial charge in [0.05, 0.1) is 4.90 Å². The Labute approximate surface area is 188 Å². The third-order valence-corrected chi connectivity index (χ3v) is 8.62. The Bertz CT molecular complexity index is 1360. The maximum atomic E-state index is 13.0. The van der Waals surface area contributed by atoms with Crippen molar-refractivity contribution in [3.8, 4) is 11.3 Å². The van der Waals surface area contributed by atoms with Gasteiger partial charge in [0.15, 0.2) is 0 Å². The Kier molecular flexibility index (Phi) is 4.70. The largest absolute Gasteiger partial charge is 0.456 e. The van der Waals surface area contributed by atoms with Crippen molar-refractivity contribution >= 4 is 21.0 Å². The highest BCUT2D eigenvalue weighted by molar-refractivity contribution is 7.89. The fourth-order valence-corrected chi connectivity index (χ4v) is 6.92. The summed E-state index contributed by atoms with van der Waals surface area (Å²) >= 11 is 0. The molecule has 0 aliphatic heterocycles. The molecule has 5 heteroatoms. The van der Waals surface area contributed by atoms with Gasteiger partial charge in [-0.15, -0.1) is 0 Å². The predicted octanol–water partition coefficient (Wildman–Crippen LogP) is 5.57. The molecule has 2 aliphatic carbocycles. The minimum Gasteiger partial charge on any atom is -0.456 e. The van der Waals surface area contributed by atoms with E-state index < -0.39 is 10.0 Å². The van der Waals surface area contributed by atoms with Crippen molar-refractivity contribution < 1.29 is 12.8 Å². The first-order chi connectivity index (χ1) is 15.6. The molecule has 3 unspecified atom stereocenters. The highest BCUT2D eigenvalue weighted by atomic mass is 32.2. The second-order valence-electron chi connectivity index (χ2n) is 9.10. The van der Waals surface area contributed by atoms with Gasteiger partial charge in [-0.25, -0.2) is 13.1 Å². The molecule has 162 valence electrons. The van der Waals surface area contributed by atoms with Crippen LogP contribution in [0.5, 0.6) is 0 Å². The molecule has 32 heavy (non-hydrogen) atoms. The molecule has 2 bridgehead atoms. The zero-order valence-electron chi connectivity index (χ0n) is 17.7. The molecule has 0 radical (unpaired) electrons. The second-order valence-corrected chi connectivity index (χ2v) is 10.8. The van der Waals surface area contributed by atoms with Crippen molar-refractivity contribution in [2.75, 3.05) is 0 Å². The van der Waals surface area contributed by atoms with Gasteiger partial charge in [0.1, 0.15) is 11.3 Å². The van der Waals surface area contributed by atoms with Crippen molar-refractivity contribution in [1.82, 2.24) is 4.72 Å². The Hall–Kier alpha value is -2.89. The van der Waals surface area contributed by atoms with E-state index in [1.807, 2.05) is 24.3 Å². The molecule has 0 spiro atoms. The van der Waals surface area contributed by atoms with E-state index in [0.29, 0.717) is 16.7 Å². The van der Waals surface area contributed by atoms with E-state index in [9.17, 15) is 8.42 Å². The first-order valence-corrected chi connectivity index (χ1v) is 12.7. The van der Waals surface area contributed by atoms with Crippen molar-refractivity contribution in [3.63, 3.8) is 0 Å². The number of hydrogen-bond donors (Lipinski definition) is 1. The molecule has 1 aromatic heterocycles. The molecule has 0 amide bonds. The summed E-state index contributed by atoms with van der Waals surface area (Å²) in [6.45, 7) is 0. The van der Waals surface area contributed by atoms with E-state index in [1.54, 1.807) is 24.3 Å². The lowest BCUT2D eigenvalue weighted by Crippen LogP contribution is -2.41. The van der Waals surface area contributed by atoms with Gasteiger partial charge >= 0.3 is 0 Å². The van der Waals surface area contributed by atoms with E-state index in [1.165, 1.54) is 11.1 Å². The maximum Gasteiger partial charge on any atom is 0.240 e. The average molecular weight is 444 g/mol. The highest BCUT2D eigenvalue weighted by Crippen LogP contribution is 2.42. The minimum atomic E-state index is -3.52. The molecule has 4 nitrogen and oxygen atoms in total. The maximum absolute atomic E-state index is 13.0. The zero-order chi connectivity index (χ0) is 21.7. The summed E-state index contributed by atoms with van der Waals surface area (Å²) in [5, 5.41) is 1.10. The Morgan fingerprint density at radius 3 is 2.28 bits per heavy atom. The van der Waals surface area contributed by atoms with Crippen LogP contribution in [-0.4, -0.2) is 14.5 Å². The van der Waals surface area contributed by atoms with Crippen molar-refractivity contribution in [1.29, 1.82) is 0 Å². The van der Waals surface area contributed by atoms with E-state index in [0.717, 1.165) is 48.0 Å². The molecular weight excluding hydrogens is 418 g/mol. The molecular formula is C27H25NO3S. The van der Waals surface area contributed by atoms with Gasteiger partial charge in [-0.05, 0) is 79.0 Å². The highest BCUT2D eigenvalue weighted by Gasteiger charge is 2.41. The summed E-state index contributed by atoms with van der Waals surface area (Å²) in [5.74, 6) is 1.52. The van der Waals surface area contributed by atoms with Crippen LogP contribution < -0.4 is 4.72 Å². The molecule has 1 heterocycles. The molecule has 1 N–H and O–H groups in total. The number of furan rings is 1. The SMILES string of the molecule is O=S(=O)(NC1C2CCC1Cc1cc(-c3cc4ccccc4o3)ccc1C2)c1ccccc1. The Morgan fingerprint density at radius 1 is 0.781 bits per heavy atom. The minimum absolute atomic E-state index is 0.0257. The van der Waals surface area contributed by atoms with Crippen LogP contribution >= 0.6 is 0 Å². The van der Waals surface area contributed by atoms with Crippen LogP contribution in [-0.2, 0) is 22.9 Å². The first-order valence-electron chi connectivity index (χ1n) is 11.2. The van der Waals surface area contributed by atoms with Crippen molar-refractivity contribution in [2.24, 2.45) is 11.8 Å². The zero-order valence-corrected chi connectivity index (χ0v) is 18.5. The standard InChI is InChI=1S/C27H25NO3S/c29-32(30,24-7-2-1-3-8-24)28-27-21-12-13-22(27)16-23-15-20(11-10-18(23)14-21)26-17-19-6-4-5-9-25(19)31-26/h1-11,15,17,21-22,27-28H,12-14,16H2. The summed E-state index contributed by atoms with van der Waals surface area (Å²) in [4.78, 5) is 0.341. The van der Waals surface area contributed by atoms with Crippen LogP contribution in [0.2, 0.25) is 0 Å². The van der Waals surface area contributed by atoms with Gasteiger partial charge < -0.3 is 4.42 Å². The number of fused-ring (bicyclic) bond motifs is 4. The van der Waals surface area contributed by atoms with Gasteiger partial charge in [0.2, 0.25) is 10.0 Å². The van der Waals surface area contributed by atoms with E-state index in [-0.39, 0.29) is 6.04 Å². The number of benzene rings is 3. The number of para-hydroxylation sites is 1. The molecule has 3 atom stereocenters. The number of hydrogen-bond acceptors (Lipinski definition) is 3. The van der Waals surface area contributed by atoms with Crippen LogP contribution in [0.1, 0.15) is 24.0 Å². The van der Waals surface area contributed by atoms with E-state index >= 15 is 0 Å². The second kappa shape index (κ2) is 7.61. The molecule has 4 aromatic rings. The molecule has 1 saturated carbocycles. The van der Waals surface area contributed by atoms with Crippen LogP contribution in [0.25, 0.3) is 22.3 Å². The van der Waals surface area contributed by atoms with Gasteiger partial charge in [-0.2, -0.15) is 0 Å². The third-order valence-electron chi connectivity index (χ3n) is 7.15. The topological polar surface area (TPSA) is 59.3 Å². The fraction of sp³-hybridized carbons (Fsp3) is 0.259. The lowest BCUT2D eigenvalue weighted by Gasteiger charge is -2.23. The summed E-state index contributed by atoms with van der Waals surface area (Å²) in [5.41, 5.74) is 4.63. The Balaban J connectivity index is 1.30. The van der Waals surface area contributed by atoms with Gasteiger partial charge in [-0.3, -0.25) is 0 Å². The van der Waals surface area contributed by atoms with Crippen molar-refractivity contribution in [2.45, 2.75) is 36.6 Å².